The highest BCUT2D eigenvalue weighted by molar-refractivity contribution is 5.82. The third-order valence-corrected chi connectivity index (χ3v) is 3.86. The lowest BCUT2D eigenvalue weighted by atomic mass is 9.93. The van der Waals surface area contributed by atoms with E-state index >= 15 is 0 Å². The van der Waals surface area contributed by atoms with Gasteiger partial charge >= 0.3 is 0 Å². The molecule has 0 amide bonds. The molecular weight excluding hydrogens is 330 g/mol. The third-order valence-electron chi connectivity index (χ3n) is 3.86. The third kappa shape index (κ3) is 3.34. The molecule has 8 heteroatoms. The minimum Gasteiger partial charge on any atom is -0.359 e. The monoisotopic (exact) mass is 349 g/mol. The summed E-state index contributed by atoms with van der Waals surface area (Å²) in [5.41, 5.74) is 1.72. The molecule has 0 saturated carbocycles. The first-order valence-electron chi connectivity index (χ1n) is 8.25. The minimum atomic E-state index is -0.101. The molecular formula is C18H19N7O. The van der Waals surface area contributed by atoms with Crippen LogP contribution in [0, 0.1) is 0 Å². The maximum atomic E-state index is 5.38. The van der Waals surface area contributed by atoms with E-state index in [1.54, 1.807) is 18.5 Å². The first kappa shape index (κ1) is 16.1. The Kier molecular flexibility index (Phi) is 3.80. The Morgan fingerprint density at radius 3 is 2.73 bits per heavy atom. The van der Waals surface area contributed by atoms with Gasteiger partial charge in [0.25, 0.3) is 0 Å². The number of aromatic amines is 1. The fraction of sp³-hybridized carbons (Fsp3) is 0.222. The van der Waals surface area contributed by atoms with Gasteiger partial charge in [0.05, 0.1) is 11.7 Å². The van der Waals surface area contributed by atoms with Gasteiger partial charge in [0, 0.05) is 28.8 Å². The van der Waals surface area contributed by atoms with Gasteiger partial charge in [-0.2, -0.15) is 10.1 Å². The van der Waals surface area contributed by atoms with Crippen LogP contribution in [-0.2, 0) is 5.41 Å². The van der Waals surface area contributed by atoms with Crippen LogP contribution in [0.25, 0.3) is 10.9 Å². The molecule has 132 valence electrons. The lowest BCUT2D eigenvalue weighted by Gasteiger charge is -2.12. The smallest absolute Gasteiger partial charge is 0.229 e. The van der Waals surface area contributed by atoms with Crippen LogP contribution in [0.5, 0.6) is 0 Å². The number of rotatable bonds is 4. The number of nitrogens with one attached hydrogen (secondary N) is 3. The van der Waals surface area contributed by atoms with Crippen LogP contribution in [0.3, 0.4) is 0 Å². The maximum Gasteiger partial charge on any atom is 0.229 e. The number of H-pyrrole nitrogens is 1. The molecule has 0 atom stereocenters. The van der Waals surface area contributed by atoms with E-state index in [0.29, 0.717) is 17.6 Å². The summed E-state index contributed by atoms with van der Waals surface area (Å²) >= 11 is 0. The Morgan fingerprint density at radius 1 is 1.04 bits per heavy atom. The number of hydrogen-bond acceptors (Lipinski definition) is 7. The molecule has 0 aliphatic rings. The van der Waals surface area contributed by atoms with Crippen LogP contribution in [0.2, 0.25) is 0 Å². The number of hydrogen-bond donors (Lipinski definition) is 3. The second kappa shape index (κ2) is 6.14. The molecule has 4 rings (SSSR count). The van der Waals surface area contributed by atoms with Gasteiger partial charge in [0.2, 0.25) is 5.95 Å². The van der Waals surface area contributed by atoms with Crippen LogP contribution in [0.1, 0.15) is 26.5 Å². The van der Waals surface area contributed by atoms with E-state index in [1.807, 2.05) is 24.3 Å². The SMILES string of the molecule is CC(C)(C)c1cc(Nc2ccnc(Nc3ccc4cn[nH]c4c3)n2)no1. The van der Waals surface area contributed by atoms with Crippen molar-refractivity contribution in [2.75, 3.05) is 10.6 Å². The zero-order chi connectivity index (χ0) is 18.1. The predicted octanol–water partition coefficient (Wildman–Crippen LogP) is 4.13. The van der Waals surface area contributed by atoms with Gasteiger partial charge < -0.3 is 15.2 Å². The number of anilines is 4. The van der Waals surface area contributed by atoms with E-state index in [9.17, 15) is 0 Å². The molecule has 0 bridgehead atoms. The predicted molar refractivity (Wildman–Crippen MR) is 99.9 cm³/mol. The first-order chi connectivity index (χ1) is 12.5. The molecule has 1 aromatic carbocycles. The van der Waals surface area contributed by atoms with Crippen LogP contribution >= 0.6 is 0 Å². The molecule has 0 unspecified atom stereocenters. The lowest BCUT2D eigenvalue weighted by Crippen LogP contribution is -2.09. The molecule has 0 spiro atoms. The van der Waals surface area contributed by atoms with E-state index in [4.69, 9.17) is 4.52 Å². The molecule has 0 saturated heterocycles. The highest BCUT2D eigenvalue weighted by atomic mass is 16.5. The first-order valence-corrected chi connectivity index (χ1v) is 8.25. The van der Waals surface area contributed by atoms with E-state index < -0.39 is 0 Å². The summed E-state index contributed by atoms with van der Waals surface area (Å²) in [7, 11) is 0. The van der Waals surface area contributed by atoms with Gasteiger partial charge in [-0.1, -0.05) is 25.9 Å². The van der Waals surface area contributed by atoms with Crippen molar-refractivity contribution in [3.05, 3.63) is 48.5 Å². The second-order valence-electron chi connectivity index (χ2n) is 7.01. The fourth-order valence-corrected chi connectivity index (χ4v) is 2.45. The van der Waals surface area contributed by atoms with Gasteiger partial charge in [0.1, 0.15) is 11.6 Å². The largest absolute Gasteiger partial charge is 0.359 e. The maximum absolute atomic E-state index is 5.38. The van der Waals surface area contributed by atoms with Crippen LogP contribution in [-0.4, -0.2) is 25.3 Å². The summed E-state index contributed by atoms with van der Waals surface area (Å²) in [6.45, 7) is 6.21. The zero-order valence-corrected chi connectivity index (χ0v) is 14.7. The van der Waals surface area contributed by atoms with Crippen molar-refractivity contribution in [2.24, 2.45) is 0 Å². The van der Waals surface area contributed by atoms with Crippen LogP contribution < -0.4 is 10.6 Å². The van der Waals surface area contributed by atoms with E-state index in [-0.39, 0.29) is 5.41 Å². The number of nitrogens with zero attached hydrogens (tertiary/aromatic N) is 4. The Morgan fingerprint density at radius 2 is 1.92 bits per heavy atom. The summed E-state index contributed by atoms with van der Waals surface area (Å²) in [6, 6.07) is 9.54. The van der Waals surface area contributed by atoms with Crippen molar-refractivity contribution in [3.8, 4) is 0 Å². The average Bonchev–Trinajstić information content (AvgIpc) is 3.23. The average molecular weight is 349 g/mol. The number of fused-ring (bicyclic) bond motifs is 1. The Hall–Kier alpha value is -3.42. The highest BCUT2D eigenvalue weighted by Crippen LogP contribution is 2.26. The van der Waals surface area contributed by atoms with Crippen LogP contribution in [0.15, 0.2) is 47.2 Å². The summed E-state index contributed by atoms with van der Waals surface area (Å²) < 4.78 is 5.38. The van der Waals surface area contributed by atoms with Gasteiger partial charge in [-0.15, -0.1) is 0 Å². The standard InChI is InChI=1S/C18H19N7O/c1-18(2,3)14-9-16(25-26-14)22-15-6-7-19-17(23-15)21-12-5-4-11-10-20-24-13(11)8-12/h4-10H,1-3H3,(H,20,24)(H2,19,21,22,23,25). The normalized spacial score (nSPS) is 11.7. The molecule has 0 fully saturated rings. The van der Waals surface area contributed by atoms with Gasteiger partial charge in [-0.05, 0) is 24.3 Å². The Balaban J connectivity index is 1.51. The molecule has 8 nitrogen and oxygen atoms in total. The van der Waals surface area contributed by atoms with Crippen molar-refractivity contribution in [1.29, 1.82) is 0 Å². The molecule has 0 aliphatic heterocycles. The second-order valence-corrected chi connectivity index (χ2v) is 7.01. The lowest BCUT2D eigenvalue weighted by molar-refractivity contribution is 0.331. The zero-order valence-electron chi connectivity index (χ0n) is 14.7. The molecule has 4 aromatic rings. The highest BCUT2D eigenvalue weighted by Gasteiger charge is 2.19. The summed E-state index contributed by atoms with van der Waals surface area (Å²) in [5.74, 6) is 2.52. The topological polar surface area (TPSA) is 105 Å². The number of aromatic nitrogens is 5. The Bertz CT molecular complexity index is 1040. The number of benzene rings is 1. The molecule has 26 heavy (non-hydrogen) atoms. The van der Waals surface area contributed by atoms with E-state index in [1.165, 1.54) is 0 Å². The molecule has 0 radical (unpaired) electrons. The molecule has 3 aromatic heterocycles. The molecule has 3 heterocycles. The molecule has 0 aliphatic carbocycles. The van der Waals surface area contributed by atoms with Crippen LogP contribution in [0.4, 0.5) is 23.3 Å². The van der Waals surface area contributed by atoms with E-state index in [0.717, 1.165) is 22.4 Å². The van der Waals surface area contributed by atoms with Gasteiger partial charge in [-0.25, -0.2) is 4.98 Å². The van der Waals surface area contributed by atoms with E-state index in [2.05, 4.69) is 56.7 Å². The van der Waals surface area contributed by atoms with Crippen molar-refractivity contribution in [2.45, 2.75) is 26.2 Å². The van der Waals surface area contributed by atoms with Crippen molar-refractivity contribution in [3.63, 3.8) is 0 Å². The van der Waals surface area contributed by atoms with Gasteiger partial charge in [0.15, 0.2) is 5.82 Å². The summed E-state index contributed by atoms with van der Waals surface area (Å²) in [4.78, 5) is 8.72. The minimum absolute atomic E-state index is 0.101. The summed E-state index contributed by atoms with van der Waals surface area (Å²) in [6.07, 6.45) is 3.46. The van der Waals surface area contributed by atoms with Gasteiger partial charge in [-0.3, -0.25) is 5.10 Å². The fourth-order valence-electron chi connectivity index (χ4n) is 2.45. The molecule has 3 N–H and O–H groups in total. The van der Waals surface area contributed by atoms with Crippen molar-refractivity contribution >= 4 is 34.2 Å². The summed E-state index contributed by atoms with van der Waals surface area (Å²) in [5, 5.41) is 18.4. The quantitative estimate of drug-likeness (QED) is 0.509. The van der Waals surface area contributed by atoms with Crippen molar-refractivity contribution in [1.82, 2.24) is 25.3 Å². The Labute approximate surface area is 150 Å². The van der Waals surface area contributed by atoms with Crippen molar-refractivity contribution < 1.29 is 4.52 Å².